The Kier molecular flexibility index (Phi) is 9.70. The molecule has 1 aliphatic carbocycles. The van der Waals surface area contributed by atoms with E-state index in [0.29, 0.717) is 30.4 Å². The van der Waals surface area contributed by atoms with Gasteiger partial charge in [0.2, 0.25) is 0 Å². The van der Waals surface area contributed by atoms with Crippen molar-refractivity contribution < 1.29 is 31.9 Å². The van der Waals surface area contributed by atoms with Crippen molar-refractivity contribution in [1.29, 1.82) is 0 Å². The molecule has 0 radical (unpaired) electrons. The van der Waals surface area contributed by atoms with Crippen LogP contribution in [0.15, 0.2) is 18.2 Å². The Hall–Kier alpha value is -2.44. The summed E-state index contributed by atoms with van der Waals surface area (Å²) in [5.74, 6) is -8.02. The first-order valence-corrected chi connectivity index (χ1v) is 12.6. The van der Waals surface area contributed by atoms with Gasteiger partial charge in [-0.1, -0.05) is 71.1 Å². The average Bonchev–Trinajstić information content (AvgIpc) is 2.81. The second-order valence-corrected chi connectivity index (χ2v) is 9.76. The zero-order chi connectivity index (χ0) is 25.5. The number of carboxylic acid groups (broad SMARTS) is 1. The van der Waals surface area contributed by atoms with E-state index in [-0.39, 0.29) is 23.1 Å². The summed E-state index contributed by atoms with van der Waals surface area (Å²) in [6.07, 6.45) is 12.3. The van der Waals surface area contributed by atoms with Crippen molar-refractivity contribution in [3.63, 3.8) is 0 Å². The molecule has 2 aromatic rings. The standard InChI is InChI=1S/C28H33F5O2/c1-2-3-4-5-6-7-17-8-10-18(11-9-17)12-13-20-21(16-22(29)25(26(20)32)28(34)35)19-14-23(30)27(33)24(31)15-19/h14-18H,2-13H2,1H3,(H,34,35). The monoisotopic (exact) mass is 496 g/mol. The number of rotatable bonds is 11. The zero-order valence-electron chi connectivity index (χ0n) is 20.1. The van der Waals surface area contributed by atoms with Crippen LogP contribution in [-0.4, -0.2) is 11.1 Å². The van der Waals surface area contributed by atoms with Gasteiger partial charge in [-0.15, -0.1) is 0 Å². The molecule has 0 amide bonds. The van der Waals surface area contributed by atoms with E-state index < -0.39 is 40.6 Å². The molecule has 1 aliphatic rings. The third-order valence-electron chi connectivity index (χ3n) is 7.31. The summed E-state index contributed by atoms with van der Waals surface area (Å²) >= 11 is 0. The fourth-order valence-electron chi connectivity index (χ4n) is 5.26. The van der Waals surface area contributed by atoms with Gasteiger partial charge >= 0.3 is 5.97 Å². The Bertz CT molecular complexity index is 1010. The molecule has 3 rings (SSSR count). The topological polar surface area (TPSA) is 37.3 Å². The summed E-state index contributed by atoms with van der Waals surface area (Å²) in [6, 6.07) is 2.11. The molecule has 7 heteroatoms. The van der Waals surface area contributed by atoms with Gasteiger partial charge in [0, 0.05) is 0 Å². The number of carbonyl (C=O) groups is 1. The lowest BCUT2D eigenvalue weighted by atomic mass is 9.77. The maximum absolute atomic E-state index is 15.2. The van der Waals surface area contributed by atoms with E-state index in [1.165, 1.54) is 38.5 Å². The quantitative estimate of drug-likeness (QED) is 0.192. The minimum atomic E-state index is -1.76. The Morgan fingerprint density at radius 1 is 0.800 bits per heavy atom. The summed E-state index contributed by atoms with van der Waals surface area (Å²) in [7, 11) is 0. The van der Waals surface area contributed by atoms with Crippen molar-refractivity contribution in [2.45, 2.75) is 84.0 Å². The molecule has 1 N–H and O–H groups in total. The highest BCUT2D eigenvalue weighted by molar-refractivity contribution is 5.90. The lowest BCUT2D eigenvalue weighted by molar-refractivity contribution is 0.0686. The van der Waals surface area contributed by atoms with E-state index in [4.69, 9.17) is 0 Å². The van der Waals surface area contributed by atoms with Crippen molar-refractivity contribution in [2.75, 3.05) is 0 Å². The van der Waals surface area contributed by atoms with Gasteiger partial charge in [-0.25, -0.2) is 26.7 Å². The van der Waals surface area contributed by atoms with Crippen molar-refractivity contribution in [2.24, 2.45) is 11.8 Å². The minimum Gasteiger partial charge on any atom is -0.477 e. The normalized spacial score (nSPS) is 18.1. The number of aromatic carboxylic acids is 1. The zero-order valence-corrected chi connectivity index (χ0v) is 20.1. The lowest BCUT2D eigenvalue weighted by Gasteiger charge is -2.29. The van der Waals surface area contributed by atoms with Crippen LogP contribution in [0.1, 0.15) is 93.5 Å². The predicted molar refractivity (Wildman–Crippen MR) is 126 cm³/mol. The molecule has 0 aromatic heterocycles. The van der Waals surface area contributed by atoms with E-state index in [1.54, 1.807) is 0 Å². The van der Waals surface area contributed by atoms with Crippen LogP contribution in [-0.2, 0) is 6.42 Å². The molecule has 0 aliphatic heterocycles. The molecule has 35 heavy (non-hydrogen) atoms. The van der Waals surface area contributed by atoms with Crippen LogP contribution in [0.2, 0.25) is 0 Å². The fourth-order valence-corrected chi connectivity index (χ4v) is 5.26. The summed E-state index contributed by atoms with van der Waals surface area (Å²) in [5.41, 5.74) is -1.62. The summed E-state index contributed by atoms with van der Waals surface area (Å²) in [5, 5.41) is 9.27. The largest absolute Gasteiger partial charge is 0.477 e. The van der Waals surface area contributed by atoms with Crippen molar-refractivity contribution in [1.82, 2.24) is 0 Å². The molecule has 1 fully saturated rings. The van der Waals surface area contributed by atoms with E-state index >= 15 is 4.39 Å². The Balaban J connectivity index is 1.73. The van der Waals surface area contributed by atoms with Crippen LogP contribution in [0.3, 0.4) is 0 Å². The minimum absolute atomic E-state index is 0.0920. The molecule has 0 bridgehead atoms. The lowest BCUT2D eigenvalue weighted by Crippen LogP contribution is -2.16. The Morgan fingerprint density at radius 3 is 1.94 bits per heavy atom. The van der Waals surface area contributed by atoms with Crippen molar-refractivity contribution in [3.8, 4) is 11.1 Å². The Morgan fingerprint density at radius 2 is 1.37 bits per heavy atom. The summed E-state index contributed by atoms with van der Waals surface area (Å²) < 4.78 is 70.7. The summed E-state index contributed by atoms with van der Waals surface area (Å²) in [6.45, 7) is 2.20. The highest BCUT2D eigenvalue weighted by Crippen LogP contribution is 2.37. The van der Waals surface area contributed by atoms with Gasteiger partial charge in [0.05, 0.1) is 0 Å². The molecule has 2 aromatic carbocycles. The average molecular weight is 497 g/mol. The van der Waals surface area contributed by atoms with Crippen LogP contribution < -0.4 is 0 Å². The first-order valence-electron chi connectivity index (χ1n) is 12.6. The van der Waals surface area contributed by atoms with Crippen molar-refractivity contribution >= 4 is 5.97 Å². The SMILES string of the molecule is CCCCCCCC1CCC(CCc2c(-c3cc(F)c(F)c(F)c3)cc(F)c(C(=O)O)c2F)CC1. The maximum atomic E-state index is 15.2. The smallest absolute Gasteiger partial charge is 0.341 e. The second-order valence-electron chi connectivity index (χ2n) is 9.76. The molecular formula is C28H33F5O2. The van der Waals surface area contributed by atoms with Crippen LogP contribution in [0.4, 0.5) is 22.0 Å². The van der Waals surface area contributed by atoms with E-state index in [0.717, 1.165) is 31.7 Å². The third kappa shape index (κ3) is 6.83. The second kappa shape index (κ2) is 12.5. The number of unbranched alkanes of at least 4 members (excludes halogenated alkanes) is 4. The number of hydrogen-bond acceptors (Lipinski definition) is 1. The number of carboxylic acids is 1. The highest BCUT2D eigenvalue weighted by Gasteiger charge is 2.27. The van der Waals surface area contributed by atoms with E-state index in [9.17, 15) is 27.5 Å². The maximum Gasteiger partial charge on any atom is 0.341 e. The molecule has 0 heterocycles. The van der Waals surface area contributed by atoms with Gasteiger partial charge in [0.15, 0.2) is 17.5 Å². The van der Waals surface area contributed by atoms with Crippen LogP contribution >= 0.6 is 0 Å². The molecule has 0 atom stereocenters. The van der Waals surface area contributed by atoms with Crippen LogP contribution in [0.25, 0.3) is 11.1 Å². The van der Waals surface area contributed by atoms with Gasteiger partial charge in [0.25, 0.3) is 0 Å². The summed E-state index contributed by atoms with van der Waals surface area (Å²) in [4.78, 5) is 11.4. The van der Waals surface area contributed by atoms with Crippen molar-refractivity contribution in [3.05, 3.63) is 58.4 Å². The molecule has 0 saturated heterocycles. The van der Waals surface area contributed by atoms with Gasteiger partial charge in [-0.2, -0.15) is 0 Å². The first-order chi connectivity index (χ1) is 16.7. The van der Waals surface area contributed by atoms with E-state index in [1.807, 2.05) is 0 Å². The molecule has 0 unspecified atom stereocenters. The number of halogens is 5. The number of benzene rings is 2. The molecule has 0 spiro atoms. The molecule has 192 valence electrons. The number of hydrogen-bond donors (Lipinski definition) is 1. The van der Waals surface area contributed by atoms with Crippen LogP contribution in [0.5, 0.6) is 0 Å². The van der Waals surface area contributed by atoms with E-state index in [2.05, 4.69) is 6.92 Å². The van der Waals surface area contributed by atoms with Gasteiger partial charge in [-0.3, -0.25) is 0 Å². The van der Waals surface area contributed by atoms with Gasteiger partial charge in [0.1, 0.15) is 17.2 Å². The highest BCUT2D eigenvalue weighted by atomic mass is 19.2. The molecule has 2 nitrogen and oxygen atoms in total. The molecule has 1 saturated carbocycles. The molecular weight excluding hydrogens is 463 g/mol. The van der Waals surface area contributed by atoms with Gasteiger partial charge < -0.3 is 5.11 Å². The van der Waals surface area contributed by atoms with Crippen LogP contribution in [0, 0.1) is 40.9 Å². The third-order valence-corrected chi connectivity index (χ3v) is 7.31. The van der Waals surface area contributed by atoms with Gasteiger partial charge in [-0.05, 0) is 59.6 Å². The fraction of sp³-hybridized carbons (Fsp3) is 0.536. The predicted octanol–water partition coefficient (Wildman–Crippen LogP) is 8.85. The Labute approximate surface area is 203 Å². The first kappa shape index (κ1) is 27.2.